The van der Waals surface area contributed by atoms with Crippen LogP contribution in [0.4, 0.5) is 13.2 Å². The van der Waals surface area contributed by atoms with Crippen LogP contribution < -0.4 is 0 Å². The molecule has 1 aromatic heterocycles. The maximum absolute atomic E-state index is 13.3. The molecule has 2 aromatic rings. The zero-order valence-electron chi connectivity index (χ0n) is 16.4. The van der Waals surface area contributed by atoms with Crippen molar-refractivity contribution in [3.63, 3.8) is 0 Å². The Balaban J connectivity index is 1.40. The van der Waals surface area contributed by atoms with Gasteiger partial charge in [0, 0.05) is 54.3 Å². The average Bonchev–Trinajstić information content (AvgIpc) is 3.48. The predicted octanol–water partition coefficient (Wildman–Crippen LogP) is 5.19. The largest absolute Gasteiger partial charge is 0.436 e. The van der Waals surface area contributed by atoms with E-state index in [1.807, 2.05) is 0 Å². The topological polar surface area (TPSA) is 41.4 Å². The van der Waals surface area contributed by atoms with Crippen molar-refractivity contribution in [2.45, 2.75) is 38.0 Å². The molecular weight excluding hydrogens is 520 g/mol. The molecule has 0 N–H and O–H groups in total. The van der Waals surface area contributed by atoms with Gasteiger partial charge in [-0.25, -0.2) is 0 Å². The van der Waals surface area contributed by atoms with Gasteiger partial charge < -0.3 is 4.90 Å². The molecule has 1 amide bonds. The maximum atomic E-state index is 13.3. The van der Waals surface area contributed by atoms with Crippen LogP contribution >= 0.6 is 39.1 Å². The number of rotatable bonds is 5. The monoisotopic (exact) mass is 538 g/mol. The Hall–Kier alpha value is -1.29. The van der Waals surface area contributed by atoms with Gasteiger partial charge in [0.15, 0.2) is 5.69 Å². The number of benzene rings is 1. The summed E-state index contributed by atoms with van der Waals surface area (Å²) >= 11 is 15.5. The minimum absolute atomic E-state index is 0.0167. The molecule has 2 fully saturated rings. The normalized spacial score (nSPS) is 17.9. The van der Waals surface area contributed by atoms with E-state index < -0.39 is 11.9 Å². The van der Waals surface area contributed by atoms with E-state index in [1.165, 1.54) is 4.68 Å². The molecule has 0 bridgehead atoms. The Kier molecular flexibility index (Phi) is 6.59. The summed E-state index contributed by atoms with van der Waals surface area (Å²) in [6, 6.07) is 5.37. The molecule has 31 heavy (non-hydrogen) atoms. The zero-order valence-corrected chi connectivity index (χ0v) is 19.5. The van der Waals surface area contributed by atoms with Crippen molar-refractivity contribution in [1.29, 1.82) is 0 Å². The number of alkyl halides is 3. The van der Waals surface area contributed by atoms with Crippen molar-refractivity contribution in [1.82, 2.24) is 19.6 Å². The lowest BCUT2D eigenvalue weighted by molar-refractivity contribution is -0.142. The Morgan fingerprint density at radius 1 is 1.13 bits per heavy atom. The van der Waals surface area contributed by atoms with E-state index in [4.69, 9.17) is 23.2 Å². The molecule has 0 atom stereocenters. The van der Waals surface area contributed by atoms with E-state index >= 15 is 0 Å². The molecule has 4 rings (SSSR count). The smallest absolute Gasteiger partial charge is 0.339 e. The van der Waals surface area contributed by atoms with Gasteiger partial charge in [0.2, 0.25) is 5.91 Å². The van der Waals surface area contributed by atoms with Crippen LogP contribution in [-0.4, -0.2) is 51.7 Å². The fraction of sp³-hybridized carbons (Fsp3) is 0.500. The number of carbonyl (C=O) groups excluding carboxylic acids is 1. The Morgan fingerprint density at radius 3 is 2.29 bits per heavy atom. The van der Waals surface area contributed by atoms with Crippen LogP contribution in [0.3, 0.4) is 0 Å². The first-order valence-electron chi connectivity index (χ1n) is 9.91. The fourth-order valence-electron chi connectivity index (χ4n) is 3.79. The minimum Gasteiger partial charge on any atom is -0.339 e. The van der Waals surface area contributed by atoms with Gasteiger partial charge in [-0.2, -0.15) is 18.3 Å². The van der Waals surface area contributed by atoms with Crippen LogP contribution in [0.25, 0.3) is 0 Å². The number of amides is 1. The van der Waals surface area contributed by atoms with Crippen molar-refractivity contribution < 1.29 is 18.0 Å². The van der Waals surface area contributed by atoms with Crippen molar-refractivity contribution in [3.8, 4) is 0 Å². The summed E-state index contributed by atoms with van der Waals surface area (Å²) in [4.78, 5) is 16.6. The molecule has 0 spiro atoms. The SMILES string of the molecule is O=C(Cn1nc(C(F)(F)F)c(Br)c1C1CC1)N1CCN(Cc2c(Cl)cccc2Cl)CC1. The van der Waals surface area contributed by atoms with Crippen LogP contribution in [0.15, 0.2) is 22.7 Å². The maximum Gasteiger partial charge on any atom is 0.436 e. The molecule has 2 aliphatic rings. The quantitative estimate of drug-likeness (QED) is 0.525. The van der Waals surface area contributed by atoms with E-state index in [2.05, 4.69) is 25.9 Å². The van der Waals surface area contributed by atoms with E-state index in [9.17, 15) is 18.0 Å². The van der Waals surface area contributed by atoms with Gasteiger partial charge in [0.05, 0.1) is 10.2 Å². The van der Waals surface area contributed by atoms with Crippen LogP contribution in [0.1, 0.15) is 35.7 Å². The van der Waals surface area contributed by atoms with Gasteiger partial charge in [-0.05, 0) is 40.9 Å². The van der Waals surface area contributed by atoms with Gasteiger partial charge in [-0.1, -0.05) is 29.3 Å². The minimum atomic E-state index is -4.57. The molecule has 1 aliphatic heterocycles. The molecule has 1 saturated heterocycles. The predicted molar refractivity (Wildman–Crippen MR) is 115 cm³/mol. The summed E-state index contributed by atoms with van der Waals surface area (Å²) in [5.41, 5.74) is 0.345. The number of hydrogen-bond donors (Lipinski definition) is 0. The molecular formula is C20H20BrCl2F3N4O. The molecule has 0 unspecified atom stereocenters. The first kappa shape index (κ1) is 22.9. The molecule has 1 aliphatic carbocycles. The third-order valence-electron chi connectivity index (χ3n) is 5.62. The van der Waals surface area contributed by atoms with Crippen molar-refractivity contribution in [2.75, 3.05) is 26.2 Å². The lowest BCUT2D eigenvalue weighted by atomic mass is 10.2. The van der Waals surface area contributed by atoms with E-state index in [0.717, 1.165) is 18.4 Å². The number of halogens is 6. The highest BCUT2D eigenvalue weighted by Gasteiger charge is 2.42. The first-order valence-corrected chi connectivity index (χ1v) is 11.5. The summed E-state index contributed by atoms with van der Waals surface area (Å²) < 4.78 is 41.0. The third-order valence-corrected chi connectivity index (χ3v) is 7.11. The summed E-state index contributed by atoms with van der Waals surface area (Å²) in [5.74, 6) is -0.218. The lowest BCUT2D eigenvalue weighted by Gasteiger charge is -2.35. The molecule has 0 radical (unpaired) electrons. The standard InChI is InChI=1S/C20H20BrCl2F3N4O/c21-17-18(12-4-5-12)30(27-19(17)20(24,25)26)11-16(31)29-8-6-28(7-9-29)10-13-14(22)2-1-3-15(13)23/h1-3,12H,4-11H2. The van der Waals surface area contributed by atoms with E-state index in [0.29, 0.717) is 48.5 Å². The van der Waals surface area contributed by atoms with Crippen LogP contribution in [0.2, 0.25) is 10.0 Å². The average molecular weight is 540 g/mol. The third kappa shape index (κ3) is 5.05. The fourth-order valence-corrected chi connectivity index (χ4v) is 5.14. The number of hydrogen-bond acceptors (Lipinski definition) is 3. The lowest BCUT2D eigenvalue weighted by Crippen LogP contribution is -2.49. The van der Waals surface area contributed by atoms with Gasteiger partial charge >= 0.3 is 6.18 Å². The highest BCUT2D eigenvalue weighted by molar-refractivity contribution is 9.10. The van der Waals surface area contributed by atoms with Gasteiger partial charge in [0.1, 0.15) is 6.54 Å². The molecule has 1 saturated carbocycles. The summed E-state index contributed by atoms with van der Waals surface area (Å²) in [6.07, 6.45) is -2.96. The molecule has 5 nitrogen and oxygen atoms in total. The summed E-state index contributed by atoms with van der Waals surface area (Å²) in [5, 5.41) is 4.93. The molecule has 168 valence electrons. The van der Waals surface area contributed by atoms with Crippen LogP contribution in [0, 0.1) is 0 Å². The van der Waals surface area contributed by atoms with Gasteiger partial charge in [-0.15, -0.1) is 0 Å². The highest BCUT2D eigenvalue weighted by atomic mass is 79.9. The molecule has 1 aromatic carbocycles. The molecule has 2 heterocycles. The van der Waals surface area contributed by atoms with Crippen molar-refractivity contribution >= 4 is 45.0 Å². The Morgan fingerprint density at radius 2 is 1.74 bits per heavy atom. The number of nitrogens with zero attached hydrogens (tertiary/aromatic N) is 4. The second-order valence-electron chi connectivity index (χ2n) is 7.83. The van der Waals surface area contributed by atoms with E-state index in [1.54, 1.807) is 23.1 Å². The zero-order chi connectivity index (χ0) is 22.3. The highest BCUT2D eigenvalue weighted by Crippen LogP contribution is 2.47. The van der Waals surface area contributed by atoms with Crippen molar-refractivity contribution in [2.24, 2.45) is 0 Å². The number of carbonyl (C=O) groups is 1. The number of piperazine rings is 1. The van der Waals surface area contributed by atoms with Crippen LogP contribution in [0.5, 0.6) is 0 Å². The second kappa shape index (κ2) is 8.92. The number of aromatic nitrogens is 2. The molecule has 11 heteroatoms. The van der Waals surface area contributed by atoms with Crippen molar-refractivity contribution in [3.05, 3.63) is 49.7 Å². The van der Waals surface area contributed by atoms with E-state index in [-0.39, 0.29) is 22.8 Å². The summed E-state index contributed by atoms with van der Waals surface area (Å²) in [6.45, 7) is 2.59. The van der Waals surface area contributed by atoms with Crippen LogP contribution in [-0.2, 0) is 24.1 Å². The summed E-state index contributed by atoms with van der Waals surface area (Å²) in [7, 11) is 0. The van der Waals surface area contributed by atoms with Gasteiger partial charge in [0.25, 0.3) is 0 Å². The second-order valence-corrected chi connectivity index (χ2v) is 9.44. The Labute approximate surface area is 196 Å². The Bertz CT molecular complexity index is 965. The van der Waals surface area contributed by atoms with Gasteiger partial charge in [-0.3, -0.25) is 14.4 Å². The first-order chi connectivity index (χ1) is 14.6.